The summed E-state index contributed by atoms with van der Waals surface area (Å²) >= 11 is 0.0362. The van der Waals surface area contributed by atoms with Crippen LogP contribution >= 0.6 is 12.1 Å². The molecular formula is C5H6F3N3S. The third kappa shape index (κ3) is 5.78. The molecule has 1 rings (SSSR count). The summed E-state index contributed by atoms with van der Waals surface area (Å²) in [5, 5.41) is 6.12. The van der Waals surface area contributed by atoms with Crippen LogP contribution in [0, 0.1) is 6.92 Å². The summed E-state index contributed by atoms with van der Waals surface area (Å²) in [4.78, 5) is 3.65. The Balaban J connectivity index is 0.000000261. The Labute approximate surface area is 71.4 Å². The molecule has 0 aliphatic rings. The summed E-state index contributed by atoms with van der Waals surface area (Å²) < 4.78 is 31.8. The normalized spacial score (nSPS) is 8.67. The van der Waals surface area contributed by atoms with Crippen molar-refractivity contribution >= 4 is 12.1 Å². The molecule has 7 heteroatoms. The highest BCUT2D eigenvalue weighted by Crippen LogP contribution is 2.10. The minimum absolute atomic E-state index is 0.0362. The van der Waals surface area contributed by atoms with Crippen LogP contribution in [0.5, 0.6) is 0 Å². The minimum atomic E-state index is -1.83. The van der Waals surface area contributed by atoms with E-state index in [4.69, 9.17) is 0 Å². The Bertz CT molecular complexity index is 246. The Morgan fingerprint density at radius 2 is 2.08 bits per heavy atom. The van der Waals surface area contributed by atoms with Gasteiger partial charge in [0.05, 0.1) is 0 Å². The molecule has 0 saturated heterocycles. The van der Waals surface area contributed by atoms with Crippen LogP contribution in [0.25, 0.3) is 0 Å². The lowest BCUT2D eigenvalue weighted by Gasteiger charge is -1.71. The lowest BCUT2D eigenvalue weighted by Crippen LogP contribution is -1.69. The molecule has 1 aromatic rings. The number of nitrogens with zero attached hydrogens (tertiary/aromatic N) is 2. The number of aryl methyl sites for hydroxylation is 1. The molecule has 0 unspecified atom stereocenters. The number of halogens is 3. The number of aromatic amines is 1. The fourth-order valence-corrected chi connectivity index (χ4v) is 0.608. The zero-order chi connectivity index (χ0) is 9.56. The molecule has 0 atom stereocenters. The highest BCUT2D eigenvalue weighted by molar-refractivity contribution is 7.94. The fourth-order valence-electron chi connectivity index (χ4n) is 0.357. The van der Waals surface area contributed by atoms with E-state index in [1.165, 1.54) is 0 Å². The van der Waals surface area contributed by atoms with Crippen LogP contribution in [-0.4, -0.2) is 15.2 Å². The van der Waals surface area contributed by atoms with Crippen molar-refractivity contribution < 1.29 is 12.7 Å². The van der Waals surface area contributed by atoms with E-state index in [9.17, 15) is 12.7 Å². The molecule has 0 bridgehead atoms. The molecule has 12 heavy (non-hydrogen) atoms. The summed E-state index contributed by atoms with van der Waals surface area (Å²) in [5.74, 6) is 0.630. The van der Waals surface area contributed by atoms with Crippen molar-refractivity contribution in [1.82, 2.24) is 15.2 Å². The average molecular weight is 197 g/mol. The number of hydrogen-bond acceptors (Lipinski definition) is 3. The van der Waals surface area contributed by atoms with Crippen molar-refractivity contribution in [3.05, 3.63) is 18.5 Å². The highest BCUT2D eigenvalue weighted by Gasteiger charge is 1.96. The molecule has 0 saturated carbocycles. The van der Waals surface area contributed by atoms with Crippen LogP contribution in [-0.2, 0) is 0 Å². The van der Waals surface area contributed by atoms with Crippen LogP contribution in [0.1, 0.15) is 5.82 Å². The first-order valence-corrected chi connectivity index (χ1v) is 3.45. The molecule has 0 aliphatic heterocycles. The molecule has 0 spiro atoms. The van der Waals surface area contributed by atoms with Gasteiger partial charge in [-0.1, -0.05) is 0 Å². The third-order valence-corrected chi connectivity index (χ3v) is 0.966. The lowest BCUT2D eigenvalue weighted by molar-refractivity contribution is 0.426. The second-order valence-corrected chi connectivity index (χ2v) is 2.14. The van der Waals surface area contributed by atoms with Gasteiger partial charge >= 0.3 is 0 Å². The molecule has 68 valence electrons. The SMILES string of the molecule is C=C(F)F.Cc1nc(SF)n[nH]1. The van der Waals surface area contributed by atoms with E-state index in [2.05, 4.69) is 21.8 Å². The van der Waals surface area contributed by atoms with Crippen LogP contribution in [0.15, 0.2) is 17.8 Å². The summed E-state index contributed by atoms with van der Waals surface area (Å²) in [6, 6.07) is 0. The van der Waals surface area contributed by atoms with Crippen molar-refractivity contribution in [2.45, 2.75) is 12.1 Å². The van der Waals surface area contributed by atoms with E-state index < -0.39 is 6.08 Å². The molecule has 1 N–H and O–H groups in total. The van der Waals surface area contributed by atoms with Crippen LogP contribution < -0.4 is 0 Å². The monoisotopic (exact) mass is 197 g/mol. The van der Waals surface area contributed by atoms with Gasteiger partial charge in [-0.15, -0.1) is 5.10 Å². The second-order valence-electron chi connectivity index (χ2n) is 1.62. The minimum Gasteiger partial charge on any atom is -0.262 e. The van der Waals surface area contributed by atoms with E-state index in [0.717, 1.165) is 0 Å². The van der Waals surface area contributed by atoms with E-state index in [0.29, 0.717) is 5.82 Å². The maximum Gasteiger partial charge on any atom is 0.263 e. The average Bonchev–Trinajstić information content (AvgIpc) is 2.34. The van der Waals surface area contributed by atoms with Gasteiger partial charge in [-0.3, -0.25) is 5.10 Å². The Kier molecular flexibility index (Phi) is 5.18. The standard InChI is InChI=1S/C3H4FN3S.C2H2F2/c1-2-5-3(8-4)7-6-2;1-2(3)4/h1H3,(H,5,6,7);1H2. The second kappa shape index (κ2) is 5.64. The largest absolute Gasteiger partial charge is 0.263 e. The molecule has 0 aromatic carbocycles. The van der Waals surface area contributed by atoms with Crippen molar-refractivity contribution in [3.63, 3.8) is 0 Å². The summed E-state index contributed by atoms with van der Waals surface area (Å²) in [6.07, 6.45) is -1.83. The van der Waals surface area contributed by atoms with Gasteiger partial charge < -0.3 is 0 Å². The topological polar surface area (TPSA) is 41.6 Å². The molecule has 0 amide bonds. The van der Waals surface area contributed by atoms with Gasteiger partial charge in [-0.25, -0.2) is 4.98 Å². The van der Waals surface area contributed by atoms with Gasteiger partial charge in [-0.2, -0.15) is 12.7 Å². The van der Waals surface area contributed by atoms with Gasteiger partial charge in [0.25, 0.3) is 6.08 Å². The molecule has 1 aromatic heterocycles. The number of nitrogens with one attached hydrogen (secondary N) is 1. The molecule has 3 nitrogen and oxygen atoms in total. The molecule has 1 heterocycles. The summed E-state index contributed by atoms with van der Waals surface area (Å²) in [7, 11) is 0. The van der Waals surface area contributed by atoms with Gasteiger partial charge in [0.15, 0.2) is 0 Å². The highest BCUT2D eigenvalue weighted by atomic mass is 32.2. The zero-order valence-electron chi connectivity index (χ0n) is 6.14. The molecular weight excluding hydrogens is 191 g/mol. The van der Waals surface area contributed by atoms with Crippen LogP contribution in [0.4, 0.5) is 12.7 Å². The Morgan fingerprint density at radius 3 is 2.25 bits per heavy atom. The van der Waals surface area contributed by atoms with Crippen LogP contribution in [0.3, 0.4) is 0 Å². The maximum absolute atomic E-state index is 11.5. The quantitative estimate of drug-likeness (QED) is 0.751. The van der Waals surface area contributed by atoms with Crippen LogP contribution in [0.2, 0.25) is 0 Å². The number of hydrogen-bond donors (Lipinski definition) is 1. The predicted octanol–water partition coefficient (Wildman–Crippen LogP) is 2.49. The maximum atomic E-state index is 11.5. The van der Waals surface area contributed by atoms with Gasteiger partial charge in [0.2, 0.25) is 5.16 Å². The lowest BCUT2D eigenvalue weighted by atomic mass is 10.8. The van der Waals surface area contributed by atoms with E-state index >= 15 is 0 Å². The zero-order valence-corrected chi connectivity index (χ0v) is 6.96. The molecule has 0 radical (unpaired) electrons. The van der Waals surface area contributed by atoms with Crippen molar-refractivity contribution in [2.75, 3.05) is 0 Å². The molecule has 0 aliphatic carbocycles. The third-order valence-electron chi connectivity index (χ3n) is 0.646. The smallest absolute Gasteiger partial charge is 0.262 e. The number of H-pyrrole nitrogens is 1. The number of aromatic nitrogens is 3. The Hall–Kier alpha value is -0.980. The van der Waals surface area contributed by atoms with E-state index in [1.807, 2.05) is 0 Å². The first-order valence-electron chi connectivity index (χ1n) is 2.73. The van der Waals surface area contributed by atoms with E-state index in [-0.39, 0.29) is 17.3 Å². The van der Waals surface area contributed by atoms with Gasteiger partial charge in [0.1, 0.15) is 18.0 Å². The summed E-state index contributed by atoms with van der Waals surface area (Å²) in [5.41, 5.74) is 0. The van der Waals surface area contributed by atoms with E-state index in [1.54, 1.807) is 6.92 Å². The molecule has 0 fully saturated rings. The first kappa shape index (κ1) is 11.0. The van der Waals surface area contributed by atoms with Crippen molar-refractivity contribution in [1.29, 1.82) is 0 Å². The van der Waals surface area contributed by atoms with Crippen molar-refractivity contribution in [2.24, 2.45) is 0 Å². The van der Waals surface area contributed by atoms with Gasteiger partial charge in [-0.05, 0) is 13.5 Å². The summed E-state index contributed by atoms with van der Waals surface area (Å²) in [6.45, 7) is 3.94. The number of rotatable bonds is 1. The first-order chi connectivity index (χ1) is 5.56. The predicted molar refractivity (Wildman–Crippen MR) is 39.4 cm³/mol. The van der Waals surface area contributed by atoms with Crippen molar-refractivity contribution in [3.8, 4) is 0 Å². The Morgan fingerprint density at radius 1 is 1.58 bits per heavy atom. The van der Waals surface area contributed by atoms with Gasteiger partial charge in [0, 0.05) is 0 Å². The fraction of sp³-hybridized carbons (Fsp3) is 0.200.